The standard InChI is InChI=1S/C24H29NO4/c26-24-13-19(14-28-16-21-15-27-9-10-29-21)12-23-22-6-5-18(4-3-17-1-2-17)11-20(22)7-8-25(23)24/h5-6,11-13,17,21H,1-4,7-10,14-16H2/t21-/m1/s1. The highest BCUT2D eigenvalue weighted by Gasteiger charge is 2.22. The van der Waals surface area contributed by atoms with Gasteiger partial charge in [0, 0.05) is 18.2 Å². The zero-order valence-corrected chi connectivity index (χ0v) is 16.9. The topological polar surface area (TPSA) is 49.7 Å². The normalized spacial score (nSPS) is 20.9. The second kappa shape index (κ2) is 8.42. The van der Waals surface area contributed by atoms with E-state index in [1.807, 2.05) is 4.57 Å². The minimum atomic E-state index is -0.0164. The maximum absolute atomic E-state index is 12.7. The van der Waals surface area contributed by atoms with Gasteiger partial charge in [-0.3, -0.25) is 4.79 Å². The molecule has 29 heavy (non-hydrogen) atoms. The Bertz CT molecular complexity index is 925. The van der Waals surface area contributed by atoms with Crippen molar-refractivity contribution < 1.29 is 14.2 Å². The molecule has 0 N–H and O–H groups in total. The molecule has 1 aromatic heterocycles. The Morgan fingerprint density at radius 2 is 2.03 bits per heavy atom. The third-order valence-electron chi connectivity index (χ3n) is 6.23. The molecule has 1 saturated heterocycles. The Balaban J connectivity index is 1.31. The molecular formula is C24H29NO4. The monoisotopic (exact) mass is 395 g/mol. The van der Waals surface area contributed by atoms with Crippen LogP contribution in [-0.4, -0.2) is 37.1 Å². The van der Waals surface area contributed by atoms with E-state index in [1.54, 1.807) is 6.07 Å². The van der Waals surface area contributed by atoms with Crippen LogP contribution in [0.4, 0.5) is 0 Å². The fraction of sp³-hybridized carbons (Fsp3) is 0.542. The van der Waals surface area contributed by atoms with E-state index < -0.39 is 0 Å². The molecule has 2 aromatic rings. The van der Waals surface area contributed by atoms with Gasteiger partial charge in [-0.25, -0.2) is 0 Å². The van der Waals surface area contributed by atoms with Crippen molar-refractivity contribution in [2.45, 2.75) is 51.4 Å². The van der Waals surface area contributed by atoms with Crippen molar-refractivity contribution in [3.8, 4) is 11.3 Å². The minimum Gasteiger partial charge on any atom is -0.376 e. The van der Waals surface area contributed by atoms with E-state index in [0.717, 1.165) is 30.1 Å². The summed E-state index contributed by atoms with van der Waals surface area (Å²) in [5.74, 6) is 0.957. The first-order valence-electron chi connectivity index (χ1n) is 10.9. The molecule has 1 atom stereocenters. The van der Waals surface area contributed by atoms with E-state index in [9.17, 15) is 4.79 Å². The number of aryl methyl sites for hydroxylation is 2. The zero-order chi connectivity index (χ0) is 19.6. The van der Waals surface area contributed by atoms with Crippen LogP contribution in [0.5, 0.6) is 0 Å². The van der Waals surface area contributed by atoms with Crippen molar-refractivity contribution in [3.05, 3.63) is 57.4 Å². The zero-order valence-electron chi connectivity index (χ0n) is 16.9. The Kier molecular flexibility index (Phi) is 5.53. The average Bonchev–Trinajstić information content (AvgIpc) is 3.57. The maximum atomic E-state index is 12.7. The van der Waals surface area contributed by atoms with Gasteiger partial charge in [0.05, 0.1) is 38.7 Å². The van der Waals surface area contributed by atoms with E-state index >= 15 is 0 Å². The van der Waals surface area contributed by atoms with Gasteiger partial charge in [-0.1, -0.05) is 31.0 Å². The average molecular weight is 395 g/mol. The number of rotatable bonds is 7. The van der Waals surface area contributed by atoms with E-state index in [4.69, 9.17) is 14.2 Å². The molecule has 3 aliphatic rings. The quantitative estimate of drug-likeness (QED) is 0.722. The molecule has 0 bridgehead atoms. The summed E-state index contributed by atoms with van der Waals surface area (Å²) in [4.78, 5) is 12.7. The first-order chi connectivity index (χ1) is 14.3. The van der Waals surface area contributed by atoms with Crippen molar-refractivity contribution in [2.24, 2.45) is 5.92 Å². The number of nitrogens with zero attached hydrogens (tertiary/aromatic N) is 1. The molecule has 0 radical (unpaired) electrons. The van der Waals surface area contributed by atoms with Gasteiger partial charge in [-0.2, -0.15) is 0 Å². The molecule has 2 aliphatic heterocycles. The summed E-state index contributed by atoms with van der Waals surface area (Å²) >= 11 is 0. The second-order valence-electron chi connectivity index (χ2n) is 8.55. The SMILES string of the molecule is O=c1cc(COC[C@H]2COCCO2)cc2n1CCc1cc(CCC3CC3)ccc1-2. The third kappa shape index (κ3) is 4.47. The Morgan fingerprint density at radius 3 is 2.86 bits per heavy atom. The number of hydrogen-bond acceptors (Lipinski definition) is 4. The van der Waals surface area contributed by atoms with Crippen LogP contribution >= 0.6 is 0 Å². The minimum absolute atomic E-state index is 0.0164. The van der Waals surface area contributed by atoms with Crippen LogP contribution in [0.2, 0.25) is 0 Å². The third-order valence-corrected chi connectivity index (χ3v) is 6.23. The van der Waals surface area contributed by atoms with Gasteiger partial charge in [0.15, 0.2) is 0 Å². The Labute approximate surface area is 171 Å². The second-order valence-corrected chi connectivity index (χ2v) is 8.55. The molecule has 5 nitrogen and oxygen atoms in total. The highest BCUT2D eigenvalue weighted by atomic mass is 16.6. The van der Waals surface area contributed by atoms with Crippen LogP contribution in [0, 0.1) is 5.92 Å². The van der Waals surface area contributed by atoms with E-state index in [-0.39, 0.29) is 11.7 Å². The highest BCUT2D eigenvalue weighted by molar-refractivity contribution is 5.67. The number of hydrogen-bond donors (Lipinski definition) is 0. The van der Waals surface area contributed by atoms with Gasteiger partial charge in [-0.05, 0) is 47.9 Å². The van der Waals surface area contributed by atoms with E-state index in [1.165, 1.54) is 42.4 Å². The number of fused-ring (bicyclic) bond motifs is 3. The summed E-state index contributed by atoms with van der Waals surface area (Å²) in [5.41, 5.74) is 5.98. The van der Waals surface area contributed by atoms with E-state index in [2.05, 4.69) is 24.3 Å². The highest BCUT2D eigenvalue weighted by Crippen LogP contribution is 2.35. The van der Waals surface area contributed by atoms with Gasteiger partial charge in [0.2, 0.25) is 0 Å². The molecule has 0 amide bonds. The smallest absolute Gasteiger partial charge is 0.251 e. The largest absolute Gasteiger partial charge is 0.376 e. The predicted octanol–water partition coefficient (Wildman–Crippen LogP) is 3.35. The van der Waals surface area contributed by atoms with Crippen LogP contribution < -0.4 is 5.56 Å². The maximum Gasteiger partial charge on any atom is 0.251 e. The van der Waals surface area contributed by atoms with Crippen molar-refractivity contribution in [3.63, 3.8) is 0 Å². The van der Waals surface area contributed by atoms with Gasteiger partial charge in [0.25, 0.3) is 5.56 Å². The van der Waals surface area contributed by atoms with Gasteiger partial charge in [-0.15, -0.1) is 0 Å². The fourth-order valence-corrected chi connectivity index (χ4v) is 4.40. The lowest BCUT2D eigenvalue weighted by atomic mass is 9.93. The molecule has 154 valence electrons. The number of aromatic nitrogens is 1. The molecule has 1 aliphatic carbocycles. The van der Waals surface area contributed by atoms with E-state index in [0.29, 0.717) is 33.0 Å². The summed E-state index contributed by atoms with van der Waals surface area (Å²) < 4.78 is 18.7. The Hall–Kier alpha value is -1.95. The summed E-state index contributed by atoms with van der Waals surface area (Å²) in [6.45, 7) is 3.50. The summed E-state index contributed by atoms with van der Waals surface area (Å²) in [6, 6.07) is 10.6. The van der Waals surface area contributed by atoms with Crippen molar-refractivity contribution in [1.82, 2.24) is 4.57 Å². The van der Waals surface area contributed by atoms with Crippen LogP contribution in [-0.2, 0) is 40.2 Å². The van der Waals surface area contributed by atoms with Gasteiger partial charge >= 0.3 is 0 Å². The lowest BCUT2D eigenvalue weighted by Gasteiger charge is -2.24. The molecule has 3 heterocycles. The molecule has 1 aromatic carbocycles. The van der Waals surface area contributed by atoms with Crippen LogP contribution in [0.25, 0.3) is 11.3 Å². The molecular weight excluding hydrogens is 366 g/mol. The predicted molar refractivity (Wildman–Crippen MR) is 111 cm³/mol. The Morgan fingerprint density at radius 1 is 1.10 bits per heavy atom. The first kappa shape index (κ1) is 19.0. The lowest BCUT2D eigenvalue weighted by Crippen LogP contribution is -2.32. The van der Waals surface area contributed by atoms with Crippen molar-refractivity contribution in [2.75, 3.05) is 26.4 Å². The van der Waals surface area contributed by atoms with Crippen LogP contribution in [0.3, 0.4) is 0 Å². The number of benzene rings is 1. The number of pyridine rings is 1. The van der Waals surface area contributed by atoms with Gasteiger partial charge in [0.1, 0.15) is 6.10 Å². The van der Waals surface area contributed by atoms with Crippen LogP contribution in [0.1, 0.15) is 36.0 Å². The summed E-state index contributed by atoms with van der Waals surface area (Å²) in [7, 11) is 0. The molecule has 2 fully saturated rings. The molecule has 0 unspecified atom stereocenters. The van der Waals surface area contributed by atoms with Gasteiger partial charge < -0.3 is 18.8 Å². The molecule has 5 heteroatoms. The molecule has 0 spiro atoms. The molecule has 1 saturated carbocycles. The first-order valence-corrected chi connectivity index (χ1v) is 10.9. The summed E-state index contributed by atoms with van der Waals surface area (Å²) in [5, 5.41) is 0. The summed E-state index contributed by atoms with van der Waals surface area (Å²) in [6.07, 6.45) is 6.21. The van der Waals surface area contributed by atoms with Crippen LogP contribution in [0.15, 0.2) is 35.1 Å². The van der Waals surface area contributed by atoms with Crippen molar-refractivity contribution >= 4 is 0 Å². The molecule has 5 rings (SSSR count). The fourth-order valence-electron chi connectivity index (χ4n) is 4.40. The van der Waals surface area contributed by atoms with Crippen molar-refractivity contribution in [1.29, 1.82) is 0 Å². The number of ether oxygens (including phenoxy) is 3. The lowest BCUT2D eigenvalue weighted by molar-refractivity contribution is -0.117.